The largest absolute Gasteiger partial charge is 0.384 e. The Hall–Kier alpha value is -1.86. The van der Waals surface area contributed by atoms with Crippen LogP contribution in [0.3, 0.4) is 0 Å². The molecule has 0 saturated heterocycles. The molecule has 1 amide bonds. The van der Waals surface area contributed by atoms with E-state index in [0.29, 0.717) is 26.0 Å². The molecular formula is C15H20N2O2. The Morgan fingerprint density at radius 1 is 1.37 bits per heavy atom. The number of carbonyl (C=O) groups is 1. The van der Waals surface area contributed by atoms with Crippen LogP contribution < -0.4 is 4.90 Å². The minimum absolute atomic E-state index is 0.0136. The zero-order valence-corrected chi connectivity index (χ0v) is 11.8. The molecular weight excluding hydrogens is 240 g/mol. The first kappa shape index (κ1) is 15.2. The molecule has 4 nitrogen and oxygen atoms in total. The number of ether oxygens (including phenoxy) is 1. The summed E-state index contributed by atoms with van der Waals surface area (Å²) in [7, 11) is 1.57. The second kappa shape index (κ2) is 7.55. The van der Waals surface area contributed by atoms with Crippen molar-refractivity contribution in [2.45, 2.75) is 26.7 Å². The van der Waals surface area contributed by atoms with Gasteiger partial charge in [-0.15, -0.1) is 0 Å². The van der Waals surface area contributed by atoms with Gasteiger partial charge in [-0.2, -0.15) is 5.26 Å². The Morgan fingerprint density at radius 3 is 2.68 bits per heavy atom. The van der Waals surface area contributed by atoms with Gasteiger partial charge in [0.1, 0.15) is 0 Å². The van der Waals surface area contributed by atoms with Gasteiger partial charge in [0.15, 0.2) is 0 Å². The average molecular weight is 260 g/mol. The lowest BCUT2D eigenvalue weighted by Crippen LogP contribution is -2.32. The number of carbonyl (C=O) groups excluding carboxylic acids is 1. The fraction of sp³-hybridized carbons (Fsp3) is 0.467. The molecule has 0 atom stereocenters. The second-order valence-corrected chi connectivity index (χ2v) is 4.46. The fourth-order valence-electron chi connectivity index (χ4n) is 1.78. The Morgan fingerprint density at radius 2 is 2.11 bits per heavy atom. The molecule has 0 aliphatic carbocycles. The van der Waals surface area contributed by atoms with Crippen molar-refractivity contribution in [1.29, 1.82) is 5.26 Å². The van der Waals surface area contributed by atoms with Crippen LogP contribution in [-0.4, -0.2) is 26.2 Å². The summed E-state index contributed by atoms with van der Waals surface area (Å²) >= 11 is 0. The molecule has 0 aliphatic rings. The van der Waals surface area contributed by atoms with E-state index in [1.165, 1.54) is 5.56 Å². The fourth-order valence-corrected chi connectivity index (χ4v) is 1.78. The molecule has 102 valence electrons. The number of amides is 1. The van der Waals surface area contributed by atoms with Crippen molar-refractivity contribution in [2.75, 3.05) is 25.2 Å². The number of nitrogens with zero attached hydrogens (tertiary/aromatic N) is 2. The van der Waals surface area contributed by atoms with Crippen LogP contribution in [0, 0.1) is 25.2 Å². The van der Waals surface area contributed by atoms with Crippen molar-refractivity contribution in [3.05, 3.63) is 29.3 Å². The van der Waals surface area contributed by atoms with Crippen molar-refractivity contribution < 1.29 is 9.53 Å². The van der Waals surface area contributed by atoms with Gasteiger partial charge in [-0.25, -0.2) is 0 Å². The predicted octanol–water partition coefficient (Wildman–Crippen LogP) is 2.59. The second-order valence-electron chi connectivity index (χ2n) is 4.46. The number of methoxy groups -OCH3 is 1. The summed E-state index contributed by atoms with van der Waals surface area (Å²) in [6.45, 7) is 4.86. The number of hydrogen-bond acceptors (Lipinski definition) is 3. The summed E-state index contributed by atoms with van der Waals surface area (Å²) in [5.74, 6) is -0.0136. The zero-order chi connectivity index (χ0) is 14.3. The summed E-state index contributed by atoms with van der Waals surface area (Å²) in [4.78, 5) is 13.8. The summed E-state index contributed by atoms with van der Waals surface area (Å²) in [6.07, 6.45) is 0.653. The van der Waals surface area contributed by atoms with E-state index in [1.807, 2.05) is 32.0 Å². The number of benzene rings is 1. The molecule has 1 rings (SSSR count). The standard InChI is InChI=1S/C15H20N2O2/c1-12-5-6-14(11-13(12)2)17(9-4-8-16)15(18)7-10-19-3/h5-6,11H,4,7,9-10H2,1-3H3. The molecule has 0 fully saturated rings. The van der Waals surface area contributed by atoms with Crippen LogP contribution in [-0.2, 0) is 9.53 Å². The third-order valence-electron chi connectivity index (χ3n) is 3.07. The Labute approximate surface area is 114 Å². The Kier molecular flexibility index (Phi) is 6.04. The molecule has 0 bridgehead atoms. The van der Waals surface area contributed by atoms with E-state index < -0.39 is 0 Å². The van der Waals surface area contributed by atoms with Crippen molar-refractivity contribution in [3.63, 3.8) is 0 Å². The summed E-state index contributed by atoms with van der Waals surface area (Å²) < 4.78 is 4.93. The first-order valence-corrected chi connectivity index (χ1v) is 6.33. The number of nitriles is 1. The van der Waals surface area contributed by atoms with E-state index in [0.717, 1.165) is 11.3 Å². The van der Waals surface area contributed by atoms with Crippen LogP contribution in [0.2, 0.25) is 0 Å². The molecule has 1 aromatic carbocycles. The molecule has 0 radical (unpaired) electrons. The molecule has 0 spiro atoms. The highest BCUT2D eigenvalue weighted by atomic mass is 16.5. The highest BCUT2D eigenvalue weighted by Gasteiger charge is 2.15. The van der Waals surface area contributed by atoms with Crippen molar-refractivity contribution in [2.24, 2.45) is 0 Å². The van der Waals surface area contributed by atoms with Crippen LogP contribution in [0.15, 0.2) is 18.2 Å². The first-order valence-electron chi connectivity index (χ1n) is 6.33. The van der Waals surface area contributed by atoms with Crippen LogP contribution >= 0.6 is 0 Å². The molecule has 0 aromatic heterocycles. The number of aryl methyl sites for hydroxylation is 2. The number of hydrogen-bond donors (Lipinski definition) is 0. The smallest absolute Gasteiger partial charge is 0.229 e. The summed E-state index contributed by atoms with van der Waals surface area (Å²) in [5.41, 5.74) is 3.17. The lowest BCUT2D eigenvalue weighted by atomic mass is 10.1. The molecule has 19 heavy (non-hydrogen) atoms. The molecule has 0 N–H and O–H groups in total. The van der Waals surface area contributed by atoms with Gasteiger partial charge in [0.2, 0.25) is 5.91 Å². The lowest BCUT2D eigenvalue weighted by Gasteiger charge is -2.22. The Bertz CT molecular complexity index is 478. The first-order chi connectivity index (χ1) is 9.10. The van der Waals surface area contributed by atoms with Crippen molar-refractivity contribution in [3.8, 4) is 6.07 Å². The Balaban J connectivity index is 2.92. The highest BCUT2D eigenvalue weighted by Crippen LogP contribution is 2.20. The maximum Gasteiger partial charge on any atom is 0.229 e. The summed E-state index contributed by atoms with van der Waals surface area (Å²) in [6, 6.07) is 7.98. The molecule has 4 heteroatoms. The third-order valence-corrected chi connectivity index (χ3v) is 3.07. The SMILES string of the molecule is COCCC(=O)N(CCC#N)c1ccc(C)c(C)c1. The minimum atomic E-state index is -0.0136. The van der Waals surface area contributed by atoms with Gasteiger partial charge < -0.3 is 9.64 Å². The van der Waals surface area contributed by atoms with Gasteiger partial charge in [0, 0.05) is 19.3 Å². The van der Waals surface area contributed by atoms with Crippen LogP contribution in [0.4, 0.5) is 5.69 Å². The quantitative estimate of drug-likeness (QED) is 0.790. The van der Waals surface area contributed by atoms with Gasteiger partial charge in [0.25, 0.3) is 0 Å². The van der Waals surface area contributed by atoms with E-state index in [-0.39, 0.29) is 5.91 Å². The van der Waals surface area contributed by atoms with Crippen molar-refractivity contribution >= 4 is 11.6 Å². The van der Waals surface area contributed by atoms with E-state index in [2.05, 4.69) is 6.07 Å². The van der Waals surface area contributed by atoms with Crippen LogP contribution in [0.5, 0.6) is 0 Å². The average Bonchev–Trinajstić information content (AvgIpc) is 2.40. The van der Waals surface area contributed by atoms with Gasteiger partial charge in [-0.1, -0.05) is 6.07 Å². The van der Waals surface area contributed by atoms with Gasteiger partial charge >= 0.3 is 0 Å². The highest BCUT2D eigenvalue weighted by molar-refractivity contribution is 5.93. The summed E-state index contributed by atoms with van der Waals surface area (Å²) in [5, 5.41) is 8.71. The zero-order valence-electron chi connectivity index (χ0n) is 11.8. The molecule has 0 aliphatic heterocycles. The third kappa shape index (κ3) is 4.38. The van der Waals surface area contributed by atoms with Crippen molar-refractivity contribution in [1.82, 2.24) is 0 Å². The molecule has 1 aromatic rings. The normalized spacial score (nSPS) is 10.0. The van der Waals surface area contributed by atoms with E-state index in [9.17, 15) is 4.79 Å². The maximum atomic E-state index is 12.1. The predicted molar refractivity (Wildman–Crippen MR) is 75.0 cm³/mol. The maximum absolute atomic E-state index is 12.1. The van der Waals surface area contributed by atoms with E-state index in [1.54, 1.807) is 12.0 Å². The number of anilines is 1. The molecule has 0 saturated carbocycles. The van der Waals surface area contributed by atoms with Gasteiger partial charge in [-0.05, 0) is 37.1 Å². The van der Waals surface area contributed by atoms with Crippen LogP contribution in [0.1, 0.15) is 24.0 Å². The van der Waals surface area contributed by atoms with E-state index >= 15 is 0 Å². The lowest BCUT2D eigenvalue weighted by molar-refractivity contribution is -0.119. The monoisotopic (exact) mass is 260 g/mol. The molecule has 0 heterocycles. The topological polar surface area (TPSA) is 53.3 Å². The molecule has 0 unspecified atom stereocenters. The van der Waals surface area contributed by atoms with E-state index in [4.69, 9.17) is 10.00 Å². The van der Waals surface area contributed by atoms with Crippen LogP contribution in [0.25, 0.3) is 0 Å². The van der Waals surface area contributed by atoms with Gasteiger partial charge in [0.05, 0.1) is 25.5 Å². The number of rotatable bonds is 6. The minimum Gasteiger partial charge on any atom is -0.384 e. The van der Waals surface area contributed by atoms with Gasteiger partial charge in [-0.3, -0.25) is 4.79 Å².